The quantitative estimate of drug-likeness (QED) is 0.729. The monoisotopic (exact) mass is 252 g/mol. The van der Waals surface area contributed by atoms with Crippen molar-refractivity contribution in [2.24, 2.45) is 0 Å². The van der Waals surface area contributed by atoms with Crippen LogP contribution in [0, 0.1) is 0 Å². The summed E-state index contributed by atoms with van der Waals surface area (Å²) in [5.41, 5.74) is 4.46. The number of aromatic nitrogens is 2. The van der Waals surface area contributed by atoms with Gasteiger partial charge in [0.25, 0.3) is 0 Å². The van der Waals surface area contributed by atoms with Gasteiger partial charge in [0.15, 0.2) is 0 Å². The van der Waals surface area contributed by atoms with Crippen LogP contribution in [0.4, 0.5) is 0 Å². The van der Waals surface area contributed by atoms with Crippen LogP contribution in [0.2, 0.25) is 0 Å². The van der Waals surface area contributed by atoms with Crippen LogP contribution >= 0.6 is 0 Å². The molecule has 1 N–H and O–H groups in total. The van der Waals surface area contributed by atoms with Crippen molar-refractivity contribution in [3.8, 4) is 17.1 Å². The van der Waals surface area contributed by atoms with E-state index >= 15 is 0 Å². The van der Waals surface area contributed by atoms with E-state index in [0.717, 1.165) is 28.6 Å². The van der Waals surface area contributed by atoms with Gasteiger partial charge in [-0.3, -0.25) is 4.79 Å². The molecule has 94 valence electrons. The zero-order chi connectivity index (χ0) is 13.2. The SMILES string of the molecule is COc1ccc2[nH]c(-c3ccc(C=O)cc3)cc2n1. The lowest BCUT2D eigenvalue weighted by Crippen LogP contribution is -1.85. The van der Waals surface area contributed by atoms with Gasteiger partial charge < -0.3 is 9.72 Å². The Morgan fingerprint density at radius 2 is 1.95 bits per heavy atom. The molecule has 0 saturated carbocycles. The van der Waals surface area contributed by atoms with Gasteiger partial charge in [0.2, 0.25) is 5.88 Å². The normalized spacial score (nSPS) is 10.6. The highest BCUT2D eigenvalue weighted by molar-refractivity contribution is 5.84. The first-order chi connectivity index (χ1) is 9.30. The molecule has 0 radical (unpaired) electrons. The Balaban J connectivity index is 2.06. The van der Waals surface area contributed by atoms with Gasteiger partial charge in [0.05, 0.1) is 18.1 Å². The molecular formula is C15H12N2O2. The number of fused-ring (bicyclic) bond motifs is 1. The predicted molar refractivity (Wildman–Crippen MR) is 73.5 cm³/mol. The predicted octanol–water partition coefficient (Wildman–Crippen LogP) is 3.05. The van der Waals surface area contributed by atoms with Crippen LogP contribution in [0.1, 0.15) is 10.4 Å². The fraction of sp³-hybridized carbons (Fsp3) is 0.0667. The summed E-state index contributed by atoms with van der Waals surface area (Å²) >= 11 is 0. The standard InChI is InChI=1S/C15H12N2O2/c1-19-15-7-6-12-14(17-15)8-13(16-12)11-4-2-10(9-18)3-5-11/h2-9,16H,1H3. The van der Waals surface area contributed by atoms with Crippen molar-refractivity contribution < 1.29 is 9.53 Å². The Labute approximate surface area is 110 Å². The molecule has 0 spiro atoms. The Bertz CT molecular complexity index is 729. The molecule has 19 heavy (non-hydrogen) atoms. The van der Waals surface area contributed by atoms with E-state index in [1.165, 1.54) is 0 Å². The first-order valence-electron chi connectivity index (χ1n) is 5.89. The molecule has 3 rings (SSSR count). The second-order valence-corrected chi connectivity index (χ2v) is 4.21. The number of carbonyl (C=O) groups excluding carboxylic acids is 1. The number of pyridine rings is 1. The number of H-pyrrole nitrogens is 1. The summed E-state index contributed by atoms with van der Waals surface area (Å²) in [6.07, 6.45) is 0.835. The van der Waals surface area contributed by atoms with E-state index in [1.54, 1.807) is 19.2 Å². The van der Waals surface area contributed by atoms with E-state index in [1.807, 2.05) is 30.3 Å². The van der Waals surface area contributed by atoms with Crippen LogP contribution in [0.25, 0.3) is 22.3 Å². The van der Waals surface area contributed by atoms with Gasteiger partial charge in [-0.05, 0) is 17.7 Å². The molecule has 4 heteroatoms. The lowest BCUT2D eigenvalue weighted by molar-refractivity contribution is 0.112. The van der Waals surface area contributed by atoms with Gasteiger partial charge in [-0.15, -0.1) is 0 Å². The van der Waals surface area contributed by atoms with Crippen LogP contribution in [0.3, 0.4) is 0 Å². The molecule has 2 heterocycles. The molecular weight excluding hydrogens is 240 g/mol. The fourth-order valence-corrected chi connectivity index (χ4v) is 2.00. The number of ether oxygens (including phenoxy) is 1. The van der Waals surface area contributed by atoms with E-state index < -0.39 is 0 Å². The van der Waals surface area contributed by atoms with Gasteiger partial charge >= 0.3 is 0 Å². The van der Waals surface area contributed by atoms with Crippen molar-refractivity contribution in [3.05, 3.63) is 48.0 Å². The second-order valence-electron chi connectivity index (χ2n) is 4.21. The second kappa shape index (κ2) is 4.57. The van der Waals surface area contributed by atoms with Crippen molar-refractivity contribution in [2.75, 3.05) is 7.11 Å². The molecule has 0 unspecified atom stereocenters. The maximum atomic E-state index is 10.6. The van der Waals surface area contributed by atoms with E-state index in [2.05, 4.69) is 9.97 Å². The van der Waals surface area contributed by atoms with Crippen molar-refractivity contribution in [2.45, 2.75) is 0 Å². The minimum Gasteiger partial charge on any atom is -0.481 e. The topological polar surface area (TPSA) is 55.0 Å². The molecule has 3 aromatic rings. The first-order valence-corrected chi connectivity index (χ1v) is 5.89. The van der Waals surface area contributed by atoms with Gasteiger partial charge in [-0.1, -0.05) is 24.3 Å². The number of carbonyl (C=O) groups is 1. The lowest BCUT2D eigenvalue weighted by atomic mass is 10.1. The van der Waals surface area contributed by atoms with Crippen molar-refractivity contribution in [3.63, 3.8) is 0 Å². The number of aldehydes is 1. The van der Waals surface area contributed by atoms with Gasteiger partial charge in [0.1, 0.15) is 6.29 Å². The summed E-state index contributed by atoms with van der Waals surface area (Å²) in [5.74, 6) is 0.592. The Hall–Kier alpha value is -2.62. The Morgan fingerprint density at radius 1 is 1.16 bits per heavy atom. The smallest absolute Gasteiger partial charge is 0.213 e. The molecule has 0 saturated heterocycles. The molecule has 0 fully saturated rings. The molecule has 0 atom stereocenters. The van der Waals surface area contributed by atoms with E-state index in [9.17, 15) is 4.79 Å². The third-order valence-corrected chi connectivity index (χ3v) is 3.02. The molecule has 1 aromatic carbocycles. The highest BCUT2D eigenvalue weighted by Crippen LogP contribution is 2.24. The highest BCUT2D eigenvalue weighted by Gasteiger charge is 2.05. The number of methoxy groups -OCH3 is 1. The molecule has 0 bridgehead atoms. The largest absolute Gasteiger partial charge is 0.481 e. The molecule has 0 aliphatic carbocycles. The van der Waals surface area contributed by atoms with Crippen molar-refractivity contribution in [1.29, 1.82) is 0 Å². The van der Waals surface area contributed by atoms with Crippen molar-refractivity contribution in [1.82, 2.24) is 9.97 Å². The lowest BCUT2D eigenvalue weighted by Gasteiger charge is -1.97. The van der Waals surface area contributed by atoms with Crippen LogP contribution in [0.15, 0.2) is 42.5 Å². The average molecular weight is 252 g/mol. The number of aromatic amines is 1. The molecule has 2 aromatic heterocycles. The number of nitrogens with zero attached hydrogens (tertiary/aromatic N) is 1. The van der Waals surface area contributed by atoms with E-state index in [-0.39, 0.29) is 0 Å². The number of benzene rings is 1. The van der Waals surface area contributed by atoms with E-state index in [0.29, 0.717) is 11.4 Å². The highest BCUT2D eigenvalue weighted by atomic mass is 16.5. The maximum Gasteiger partial charge on any atom is 0.213 e. The zero-order valence-electron chi connectivity index (χ0n) is 10.4. The fourth-order valence-electron chi connectivity index (χ4n) is 2.00. The minimum atomic E-state index is 0.592. The summed E-state index contributed by atoms with van der Waals surface area (Å²) < 4.78 is 5.10. The zero-order valence-corrected chi connectivity index (χ0v) is 10.4. The van der Waals surface area contributed by atoms with Gasteiger partial charge in [-0.25, -0.2) is 4.98 Å². The Kier molecular flexibility index (Phi) is 2.76. The van der Waals surface area contributed by atoms with Gasteiger partial charge in [-0.2, -0.15) is 0 Å². The number of nitrogens with one attached hydrogen (secondary N) is 1. The summed E-state index contributed by atoms with van der Waals surface area (Å²) in [6.45, 7) is 0. The van der Waals surface area contributed by atoms with Crippen LogP contribution in [-0.2, 0) is 0 Å². The average Bonchev–Trinajstić information content (AvgIpc) is 2.90. The van der Waals surface area contributed by atoms with Crippen molar-refractivity contribution >= 4 is 17.3 Å². The third-order valence-electron chi connectivity index (χ3n) is 3.02. The Morgan fingerprint density at radius 3 is 2.63 bits per heavy atom. The molecule has 4 nitrogen and oxygen atoms in total. The summed E-state index contributed by atoms with van der Waals surface area (Å²) in [4.78, 5) is 18.3. The van der Waals surface area contributed by atoms with E-state index in [4.69, 9.17) is 4.74 Å². The first kappa shape index (κ1) is 11.5. The number of rotatable bonds is 3. The minimum absolute atomic E-state index is 0.592. The van der Waals surface area contributed by atoms with Crippen LogP contribution < -0.4 is 4.74 Å². The number of hydrogen-bond acceptors (Lipinski definition) is 3. The molecule has 0 aliphatic heterocycles. The summed E-state index contributed by atoms with van der Waals surface area (Å²) in [5, 5.41) is 0. The molecule has 0 amide bonds. The van der Waals surface area contributed by atoms with Crippen LogP contribution in [0.5, 0.6) is 5.88 Å². The summed E-state index contributed by atoms with van der Waals surface area (Å²) in [7, 11) is 1.60. The summed E-state index contributed by atoms with van der Waals surface area (Å²) in [6, 6.07) is 13.1. The van der Waals surface area contributed by atoms with Gasteiger partial charge in [0, 0.05) is 17.3 Å². The van der Waals surface area contributed by atoms with Crippen LogP contribution in [-0.4, -0.2) is 23.4 Å². The third kappa shape index (κ3) is 2.08. The maximum absolute atomic E-state index is 10.6. The molecule has 0 aliphatic rings. The number of hydrogen-bond donors (Lipinski definition) is 1.